The summed E-state index contributed by atoms with van der Waals surface area (Å²) >= 11 is 0.702. The first-order valence-corrected chi connectivity index (χ1v) is 9.99. The summed E-state index contributed by atoms with van der Waals surface area (Å²) in [5.74, 6) is 1.40. The van der Waals surface area contributed by atoms with Gasteiger partial charge >= 0.3 is 6.18 Å². The summed E-state index contributed by atoms with van der Waals surface area (Å²) in [6, 6.07) is 10.9. The number of fused-ring (bicyclic) bond motifs is 1. The zero-order valence-corrected chi connectivity index (χ0v) is 15.5. The summed E-state index contributed by atoms with van der Waals surface area (Å²) < 4.78 is 39.6. The van der Waals surface area contributed by atoms with Gasteiger partial charge in [-0.1, -0.05) is 49.6 Å². The molecular formula is C20H20F3N3S. The Hall–Kier alpha value is -2.15. The van der Waals surface area contributed by atoms with Crippen LogP contribution in [0.4, 0.5) is 19.0 Å². The number of benzene rings is 1. The van der Waals surface area contributed by atoms with E-state index in [9.17, 15) is 13.2 Å². The maximum atomic E-state index is 13.2. The van der Waals surface area contributed by atoms with E-state index in [0.29, 0.717) is 39.7 Å². The minimum absolute atomic E-state index is 0.233. The predicted octanol–water partition coefficient (Wildman–Crippen LogP) is 6.37. The van der Waals surface area contributed by atoms with Crippen LogP contribution in [0.2, 0.25) is 0 Å². The van der Waals surface area contributed by atoms with E-state index in [-0.39, 0.29) is 5.92 Å². The smallest absolute Gasteiger partial charge is 0.365 e. The molecule has 0 amide bonds. The van der Waals surface area contributed by atoms with Crippen LogP contribution in [0.3, 0.4) is 0 Å². The van der Waals surface area contributed by atoms with Gasteiger partial charge in [-0.3, -0.25) is 0 Å². The van der Waals surface area contributed by atoms with Crippen molar-refractivity contribution in [2.75, 3.05) is 5.32 Å². The van der Waals surface area contributed by atoms with Crippen molar-refractivity contribution in [3.63, 3.8) is 0 Å². The van der Waals surface area contributed by atoms with Gasteiger partial charge in [-0.2, -0.15) is 13.2 Å². The fourth-order valence-corrected chi connectivity index (χ4v) is 4.44. The minimum atomic E-state index is -4.37. The molecule has 3 nitrogen and oxygen atoms in total. The summed E-state index contributed by atoms with van der Waals surface area (Å²) in [5.41, 5.74) is 1.05. The molecule has 1 aromatic carbocycles. The first-order valence-electron chi connectivity index (χ1n) is 9.17. The molecule has 1 aliphatic carbocycles. The lowest BCUT2D eigenvalue weighted by molar-refractivity contribution is -0.134. The fraction of sp³-hybridized carbons (Fsp3) is 0.400. The van der Waals surface area contributed by atoms with Gasteiger partial charge in [0, 0.05) is 12.5 Å². The van der Waals surface area contributed by atoms with E-state index < -0.39 is 11.1 Å². The first-order chi connectivity index (χ1) is 13.0. The normalized spacial score (nSPS) is 16.0. The van der Waals surface area contributed by atoms with E-state index in [1.807, 2.05) is 30.3 Å². The van der Waals surface area contributed by atoms with Crippen LogP contribution in [0.5, 0.6) is 0 Å². The summed E-state index contributed by atoms with van der Waals surface area (Å²) in [5, 5.41) is 3.68. The van der Waals surface area contributed by atoms with Crippen molar-refractivity contribution in [3.8, 4) is 0 Å². The molecule has 0 radical (unpaired) electrons. The second-order valence-corrected chi connectivity index (χ2v) is 7.96. The minimum Gasteiger partial charge on any atom is -0.365 e. The Bertz CT molecular complexity index is 915. The van der Waals surface area contributed by atoms with Gasteiger partial charge in [0.25, 0.3) is 0 Å². The average molecular weight is 391 g/mol. The highest BCUT2D eigenvalue weighted by molar-refractivity contribution is 7.18. The number of nitrogens with one attached hydrogen (secondary N) is 1. The second-order valence-electron chi connectivity index (χ2n) is 6.93. The Labute approximate surface area is 159 Å². The molecule has 1 saturated carbocycles. The Kier molecular flexibility index (Phi) is 5.04. The van der Waals surface area contributed by atoms with Crippen molar-refractivity contribution in [1.29, 1.82) is 0 Å². The molecule has 1 N–H and O–H groups in total. The van der Waals surface area contributed by atoms with Crippen LogP contribution >= 0.6 is 11.3 Å². The van der Waals surface area contributed by atoms with Crippen LogP contribution in [0.1, 0.15) is 54.3 Å². The molecule has 0 saturated heterocycles. The number of hydrogen-bond donors (Lipinski definition) is 1. The molecule has 1 fully saturated rings. The van der Waals surface area contributed by atoms with Crippen molar-refractivity contribution >= 4 is 27.4 Å². The monoisotopic (exact) mass is 391 g/mol. The maximum Gasteiger partial charge on any atom is 0.425 e. The van der Waals surface area contributed by atoms with E-state index in [1.54, 1.807) is 0 Å². The van der Waals surface area contributed by atoms with Gasteiger partial charge in [0.15, 0.2) is 0 Å². The van der Waals surface area contributed by atoms with Crippen LogP contribution in [0, 0.1) is 0 Å². The number of aromatic nitrogens is 2. The molecule has 0 spiro atoms. The summed E-state index contributed by atoms with van der Waals surface area (Å²) in [7, 11) is 0. The molecule has 0 aliphatic heterocycles. The SMILES string of the molecule is FC(F)(F)c1cc2c(NCc3ccccc3)nc(C3CCCCC3)nc2s1. The van der Waals surface area contributed by atoms with Crippen LogP contribution in [-0.4, -0.2) is 9.97 Å². The van der Waals surface area contributed by atoms with Gasteiger partial charge in [0.05, 0.1) is 5.39 Å². The predicted molar refractivity (Wildman–Crippen MR) is 102 cm³/mol. The number of anilines is 1. The Morgan fingerprint density at radius 2 is 1.78 bits per heavy atom. The third-order valence-corrected chi connectivity index (χ3v) is 6.04. The highest BCUT2D eigenvalue weighted by Gasteiger charge is 2.34. The molecule has 0 unspecified atom stereocenters. The lowest BCUT2D eigenvalue weighted by atomic mass is 9.88. The summed E-state index contributed by atoms with van der Waals surface area (Å²) in [4.78, 5) is 8.95. The molecule has 3 aromatic rings. The zero-order chi connectivity index (χ0) is 18.9. The van der Waals surface area contributed by atoms with Crippen molar-refractivity contribution in [1.82, 2.24) is 9.97 Å². The van der Waals surface area contributed by atoms with Crippen LogP contribution in [-0.2, 0) is 12.7 Å². The van der Waals surface area contributed by atoms with E-state index in [2.05, 4.69) is 15.3 Å². The number of nitrogens with zero attached hydrogens (tertiary/aromatic N) is 2. The van der Waals surface area contributed by atoms with E-state index in [0.717, 1.165) is 37.3 Å². The molecule has 142 valence electrons. The van der Waals surface area contributed by atoms with Gasteiger partial charge < -0.3 is 5.32 Å². The van der Waals surface area contributed by atoms with Crippen molar-refractivity contribution in [2.45, 2.75) is 50.7 Å². The zero-order valence-electron chi connectivity index (χ0n) is 14.7. The van der Waals surface area contributed by atoms with E-state index in [4.69, 9.17) is 0 Å². The van der Waals surface area contributed by atoms with Crippen LogP contribution in [0.15, 0.2) is 36.4 Å². The van der Waals surface area contributed by atoms with Gasteiger partial charge in [-0.25, -0.2) is 9.97 Å². The number of halogens is 3. The number of rotatable bonds is 4. The third-order valence-electron chi connectivity index (χ3n) is 4.96. The molecule has 7 heteroatoms. The Balaban J connectivity index is 1.72. The fourth-order valence-electron chi connectivity index (χ4n) is 3.54. The topological polar surface area (TPSA) is 37.8 Å². The van der Waals surface area contributed by atoms with Gasteiger partial charge in [0.1, 0.15) is 21.3 Å². The highest BCUT2D eigenvalue weighted by Crippen LogP contribution is 2.40. The number of thiophene rings is 1. The van der Waals surface area contributed by atoms with Crippen molar-refractivity contribution < 1.29 is 13.2 Å². The van der Waals surface area contributed by atoms with E-state index >= 15 is 0 Å². The molecule has 0 bridgehead atoms. The number of hydrogen-bond acceptors (Lipinski definition) is 4. The standard InChI is InChI=1S/C20H20F3N3S/c21-20(22,23)16-11-15-18(24-12-13-7-3-1-4-8-13)25-17(26-19(15)27-16)14-9-5-2-6-10-14/h1,3-4,7-8,11,14H,2,5-6,9-10,12H2,(H,24,25,26). The highest BCUT2D eigenvalue weighted by atomic mass is 32.1. The third kappa shape index (κ3) is 4.08. The number of alkyl halides is 3. The largest absolute Gasteiger partial charge is 0.425 e. The van der Waals surface area contributed by atoms with Gasteiger partial charge in [-0.15, -0.1) is 11.3 Å². The molecule has 27 heavy (non-hydrogen) atoms. The molecule has 4 rings (SSSR count). The molecule has 1 aliphatic rings. The van der Waals surface area contributed by atoms with Crippen LogP contribution < -0.4 is 5.32 Å². The van der Waals surface area contributed by atoms with Gasteiger partial charge in [-0.05, 0) is 24.5 Å². The Morgan fingerprint density at radius 3 is 2.48 bits per heavy atom. The Morgan fingerprint density at radius 1 is 1.04 bits per heavy atom. The molecule has 2 aromatic heterocycles. The summed E-state index contributed by atoms with van der Waals surface area (Å²) in [6.45, 7) is 0.508. The summed E-state index contributed by atoms with van der Waals surface area (Å²) in [6.07, 6.45) is 1.08. The lowest BCUT2D eigenvalue weighted by Crippen LogP contribution is -2.11. The molecule has 0 atom stereocenters. The molecular weight excluding hydrogens is 371 g/mol. The van der Waals surface area contributed by atoms with Gasteiger partial charge in [0.2, 0.25) is 0 Å². The average Bonchev–Trinajstić information content (AvgIpc) is 3.12. The van der Waals surface area contributed by atoms with E-state index in [1.165, 1.54) is 6.42 Å². The quantitative estimate of drug-likeness (QED) is 0.561. The lowest BCUT2D eigenvalue weighted by Gasteiger charge is -2.21. The van der Waals surface area contributed by atoms with Crippen molar-refractivity contribution in [3.05, 3.63) is 52.7 Å². The maximum absolute atomic E-state index is 13.2. The van der Waals surface area contributed by atoms with Crippen molar-refractivity contribution in [2.24, 2.45) is 0 Å². The second kappa shape index (κ2) is 7.46. The molecule has 2 heterocycles. The van der Waals surface area contributed by atoms with Crippen LogP contribution in [0.25, 0.3) is 10.2 Å². The first kappa shape index (κ1) is 18.2.